The Labute approximate surface area is 224 Å². The molecule has 0 spiro atoms. The van der Waals surface area contributed by atoms with Crippen molar-refractivity contribution in [1.29, 1.82) is 0 Å². The molecule has 8 heteroatoms. The molecule has 0 atom stereocenters. The number of aromatic nitrogens is 2. The first-order valence-electron chi connectivity index (χ1n) is 14.5. The predicted molar refractivity (Wildman–Crippen MR) is 146 cm³/mol. The molecule has 0 aromatic carbocycles. The summed E-state index contributed by atoms with van der Waals surface area (Å²) in [6.07, 6.45) is 7.67. The van der Waals surface area contributed by atoms with Gasteiger partial charge in [-0.1, -0.05) is 20.3 Å². The molecule has 1 aromatic heterocycles. The number of likely N-dealkylation sites (N-methyl/N-ethyl adjacent to an activating group) is 2. The summed E-state index contributed by atoms with van der Waals surface area (Å²) in [5.41, 5.74) is 3.87. The van der Waals surface area contributed by atoms with Crippen LogP contribution in [0.1, 0.15) is 81.7 Å². The number of carbonyl (C=O) groups is 1. The van der Waals surface area contributed by atoms with E-state index < -0.39 is 0 Å². The minimum atomic E-state index is -0.150. The van der Waals surface area contributed by atoms with Crippen LogP contribution in [0.3, 0.4) is 0 Å². The van der Waals surface area contributed by atoms with Gasteiger partial charge in [0.15, 0.2) is 0 Å². The molecule has 1 amide bonds. The van der Waals surface area contributed by atoms with Gasteiger partial charge in [-0.3, -0.25) is 14.4 Å². The Bertz CT molecular complexity index is 894. The SMILES string of the molecule is CNCCN(C)Cc1nn2c(c1C1CCC(COC)(COC)CC1)CN(C(=O)C1(C(C)C)CCC1)CC2. The lowest BCUT2D eigenvalue weighted by atomic mass is 9.61. The van der Waals surface area contributed by atoms with Gasteiger partial charge >= 0.3 is 0 Å². The van der Waals surface area contributed by atoms with Crippen molar-refractivity contribution in [2.24, 2.45) is 16.7 Å². The van der Waals surface area contributed by atoms with E-state index in [1.165, 1.54) is 23.4 Å². The van der Waals surface area contributed by atoms with Crippen LogP contribution >= 0.6 is 0 Å². The van der Waals surface area contributed by atoms with Gasteiger partial charge in [0, 0.05) is 51.4 Å². The van der Waals surface area contributed by atoms with Gasteiger partial charge in [0.25, 0.3) is 0 Å². The van der Waals surface area contributed by atoms with E-state index in [2.05, 4.69) is 40.7 Å². The Morgan fingerprint density at radius 3 is 2.35 bits per heavy atom. The van der Waals surface area contributed by atoms with Crippen LogP contribution in [0.2, 0.25) is 0 Å². The highest BCUT2D eigenvalue weighted by Crippen LogP contribution is 2.49. The van der Waals surface area contributed by atoms with Crippen LogP contribution in [-0.4, -0.2) is 86.7 Å². The third-order valence-electron chi connectivity index (χ3n) is 9.68. The van der Waals surface area contributed by atoms with Crippen LogP contribution in [0.4, 0.5) is 0 Å². The van der Waals surface area contributed by atoms with Gasteiger partial charge in [-0.15, -0.1) is 0 Å². The molecular weight excluding hydrogens is 466 g/mol. The zero-order valence-electron chi connectivity index (χ0n) is 24.3. The maximum atomic E-state index is 13.8. The number of carbonyl (C=O) groups excluding carboxylic acids is 1. The number of rotatable bonds is 12. The quantitative estimate of drug-likeness (QED) is 0.457. The summed E-state index contributed by atoms with van der Waals surface area (Å²) >= 11 is 0. The Morgan fingerprint density at radius 1 is 1.14 bits per heavy atom. The minimum absolute atomic E-state index is 0.104. The number of nitrogens with zero attached hydrogens (tertiary/aromatic N) is 4. The van der Waals surface area contributed by atoms with Crippen molar-refractivity contribution < 1.29 is 14.3 Å². The van der Waals surface area contributed by atoms with Crippen molar-refractivity contribution >= 4 is 5.91 Å². The second-order valence-corrected chi connectivity index (χ2v) is 12.4. The number of fused-ring (bicyclic) bond motifs is 1. The molecular formula is C29H51N5O3. The Hall–Kier alpha value is -1.48. The molecule has 1 N–H and O–H groups in total. The number of hydrogen-bond acceptors (Lipinski definition) is 6. The van der Waals surface area contributed by atoms with Crippen LogP contribution in [0.15, 0.2) is 0 Å². The molecule has 210 valence electrons. The van der Waals surface area contributed by atoms with Crippen molar-refractivity contribution in [2.75, 3.05) is 61.2 Å². The summed E-state index contributed by atoms with van der Waals surface area (Å²) in [6.45, 7) is 11.0. The highest BCUT2D eigenvalue weighted by atomic mass is 16.5. The van der Waals surface area contributed by atoms with E-state index in [0.29, 0.717) is 24.3 Å². The maximum absolute atomic E-state index is 13.8. The second kappa shape index (κ2) is 12.1. The number of ether oxygens (including phenoxy) is 2. The zero-order valence-corrected chi connectivity index (χ0v) is 24.3. The van der Waals surface area contributed by atoms with Crippen LogP contribution < -0.4 is 5.32 Å². The standard InChI is InChI=1S/C29H51N5O3/c1-22(2)29(10-7-11-29)27(35)33-16-17-34-25(19-33)26(24(31-34)18-32(4)15-14-30-3)23-8-12-28(13-9-23,20-36-5)21-37-6/h22-23,30H,7-21H2,1-6H3. The minimum Gasteiger partial charge on any atom is -0.384 e. The fourth-order valence-electron chi connectivity index (χ4n) is 7.16. The maximum Gasteiger partial charge on any atom is 0.229 e. The Balaban J connectivity index is 1.60. The number of amides is 1. The first-order chi connectivity index (χ1) is 17.8. The Kier molecular flexibility index (Phi) is 9.36. The average Bonchev–Trinajstić information content (AvgIpc) is 3.19. The monoisotopic (exact) mass is 517 g/mol. The predicted octanol–water partition coefficient (Wildman–Crippen LogP) is 3.64. The second-order valence-electron chi connectivity index (χ2n) is 12.4. The smallest absolute Gasteiger partial charge is 0.229 e. The molecule has 2 fully saturated rings. The average molecular weight is 518 g/mol. The van der Waals surface area contributed by atoms with Crippen LogP contribution in [0, 0.1) is 16.7 Å². The summed E-state index contributed by atoms with van der Waals surface area (Å²) in [7, 11) is 7.78. The first-order valence-corrected chi connectivity index (χ1v) is 14.5. The molecule has 0 bridgehead atoms. The van der Waals surface area contributed by atoms with E-state index in [1.807, 2.05) is 7.05 Å². The summed E-state index contributed by atoms with van der Waals surface area (Å²) in [6, 6.07) is 0. The molecule has 37 heavy (non-hydrogen) atoms. The lowest BCUT2D eigenvalue weighted by molar-refractivity contribution is -0.153. The van der Waals surface area contributed by atoms with Gasteiger partial charge in [0.1, 0.15) is 0 Å². The summed E-state index contributed by atoms with van der Waals surface area (Å²) in [4.78, 5) is 18.4. The number of hydrogen-bond donors (Lipinski definition) is 1. The van der Waals surface area contributed by atoms with E-state index in [0.717, 1.165) is 84.5 Å². The molecule has 2 saturated carbocycles. The lowest BCUT2D eigenvalue weighted by Crippen LogP contribution is -2.52. The highest BCUT2D eigenvalue weighted by molar-refractivity contribution is 5.84. The summed E-state index contributed by atoms with van der Waals surface area (Å²) < 4.78 is 13.5. The third-order valence-corrected chi connectivity index (χ3v) is 9.68. The third kappa shape index (κ3) is 5.77. The van der Waals surface area contributed by atoms with Crippen LogP contribution in [0.5, 0.6) is 0 Å². The zero-order chi connectivity index (χ0) is 26.6. The Morgan fingerprint density at radius 2 is 1.81 bits per heavy atom. The molecule has 0 saturated heterocycles. The largest absolute Gasteiger partial charge is 0.384 e. The summed E-state index contributed by atoms with van der Waals surface area (Å²) in [5.74, 6) is 1.24. The topological polar surface area (TPSA) is 71.9 Å². The molecule has 2 heterocycles. The van der Waals surface area contributed by atoms with Crippen molar-refractivity contribution in [1.82, 2.24) is 24.9 Å². The molecule has 0 unspecified atom stereocenters. The van der Waals surface area contributed by atoms with E-state index in [-0.39, 0.29) is 10.8 Å². The van der Waals surface area contributed by atoms with E-state index >= 15 is 0 Å². The summed E-state index contributed by atoms with van der Waals surface area (Å²) in [5, 5.41) is 8.44. The highest BCUT2D eigenvalue weighted by Gasteiger charge is 2.49. The van der Waals surface area contributed by atoms with Crippen molar-refractivity contribution in [3.8, 4) is 0 Å². The van der Waals surface area contributed by atoms with Gasteiger partial charge in [-0.2, -0.15) is 5.10 Å². The number of nitrogens with one attached hydrogen (secondary N) is 1. The van der Waals surface area contributed by atoms with Gasteiger partial charge < -0.3 is 19.7 Å². The van der Waals surface area contributed by atoms with E-state index in [9.17, 15) is 4.79 Å². The van der Waals surface area contributed by atoms with Gasteiger partial charge in [-0.25, -0.2) is 0 Å². The van der Waals surface area contributed by atoms with Crippen molar-refractivity contribution in [3.63, 3.8) is 0 Å². The van der Waals surface area contributed by atoms with Gasteiger partial charge in [-0.05, 0) is 64.5 Å². The molecule has 4 rings (SSSR count). The van der Waals surface area contributed by atoms with Crippen molar-refractivity contribution in [2.45, 2.75) is 84.3 Å². The van der Waals surface area contributed by atoms with Crippen LogP contribution in [-0.2, 0) is 33.9 Å². The van der Waals surface area contributed by atoms with E-state index in [4.69, 9.17) is 14.6 Å². The molecule has 1 aliphatic heterocycles. The molecule has 2 aliphatic carbocycles. The fraction of sp³-hybridized carbons (Fsp3) is 0.862. The van der Waals surface area contributed by atoms with Crippen molar-refractivity contribution in [3.05, 3.63) is 17.0 Å². The van der Waals surface area contributed by atoms with Gasteiger partial charge in [0.2, 0.25) is 5.91 Å². The molecule has 0 radical (unpaired) electrons. The van der Waals surface area contributed by atoms with E-state index in [1.54, 1.807) is 14.2 Å². The lowest BCUT2D eigenvalue weighted by Gasteiger charge is -2.47. The van der Waals surface area contributed by atoms with Crippen LogP contribution in [0.25, 0.3) is 0 Å². The molecule has 8 nitrogen and oxygen atoms in total. The molecule has 3 aliphatic rings. The molecule has 1 aromatic rings. The fourth-order valence-corrected chi connectivity index (χ4v) is 7.16. The first kappa shape index (κ1) is 28.5. The number of methoxy groups -OCH3 is 2. The van der Waals surface area contributed by atoms with Gasteiger partial charge in [0.05, 0.1) is 43.1 Å². The normalized spacial score (nSPS) is 21.4.